The highest BCUT2D eigenvalue weighted by molar-refractivity contribution is 5.99. The molecular weight excluding hydrogens is 541 g/mol. The minimum Gasteiger partial charge on any atom is -0.381 e. The number of likely N-dealkylation sites (N-methyl/N-ethyl adjacent to an activating group) is 3. The van der Waals surface area contributed by atoms with Crippen molar-refractivity contribution in [1.29, 1.82) is 0 Å². The predicted octanol–water partition coefficient (Wildman–Crippen LogP) is 0.978. The van der Waals surface area contributed by atoms with E-state index >= 15 is 0 Å². The lowest BCUT2D eigenvalue weighted by molar-refractivity contribution is -0.145. The topological polar surface area (TPSA) is 135 Å². The first kappa shape index (κ1) is 33.7. The van der Waals surface area contributed by atoms with E-state index < -0.39 is 47.6 Å². The number of alkyl halides is 3. The molecule has 0 saturated heterocycles. The SMILES string of the molecule is CNCCN(CCNC)C(=O)[C@@H](O)C(NC)C(=O)N[C@@H](CCc1ccccc1)C(=O)Nc1cccc(C(F)(F)F)c1. The lowest BCUT2D eigenvalue weighted by Crippen LogP contribution is -2.59. The van der Waals surface area contributed by atoms with Crippen LogP contribution in [0, 0.1) is 0 Å². The third kappa shape index (κ3) is 10.8. The van der Waals surface area contributed by atoms with Crippen molar-refractivity contribution in [2.24, 2.45) is 0 Å². The van der Waals surface area contributed by atoms with Crippen molar-refractivity contribution in [3.8, 4) is 0 Å². The Balaban J connectivity index is 2.23. The molecule has 41 heavy (non-hydrogen) atoms. The number of benzene rings is 2. The van der Waals surface area contributed by atoms with Crippen LogP contribution in [0.2, 0.25) is 0 Å². The second-order valence-corrected chi connectivity index (χ2v) is 9.40. The van der Waals surface area contributed by atoms with Crippen molar-refractivity contribution in [3.05, 3.63) is 65.7 Å². The van der Waals surface area contributed by atoms with Crippen molar-refractivity contribution >= 4 is 23.4 Å². The zero-order chi connectivity index (χ0) is 30.4. The Morgan fingerprint density at radius 2 is 1.54 bits per heavy atom. The second kappa shape index (κ2) is 16.7. The quantitative estimate of drug-likeness (QED) is 0.174. The summed E-state index contributed by atoms with van der Waals surface area (Å²) in [5.41, 5.74) is -0.143. The van der Waals surface area contributed by atoms with Crippen molar-refractivity contribution in [2.45, 2.75) is 37.2 Å². The molecule has 3 amide bonds. The van der Waals surface area contributed by atoms with Crippen LogP contribution < -0.4 is 26.6 Å². The van der Waals surface area contributed by atoms with Gasteiger partial charge in [0.2, 0.25) is 11.8 Å². The summed E-state index contributed by atoms with van der Waals surface area (Å²) in [6, 6.07) is 10.7. The first-order chi connectivity index (χ1) is 19.5. The van der Waals surface area contributed by atoms with Crippen LogP contribution in [0.15, 0.2) is 54.6 Å². The standard InChI is InChI=1S/C28H39F3N6O4/c1-32-14-16-37(17-15-33-2)27(41)24(38)23(34-3)26(40)36-22(13-12-19-8-5-4-6-9-19)25(39)35-21-11-7-10-20(18-21)28(29,30)31/h4-11,18,22-24,32-34,38H,12-17H2,1-3H3,(H,35,39)(H,36,40)/t22-,23?,24-/m0/s1. The lowest BCUT2D eigenvalue weighted by atomic mass is 10.0. The molecule has 6 N–H and O–H groups in total. The number of hydrogen-bond donors (Lipinski definition) is 6. The maximum atomic E-state index is 13.3. The van der Waals surface area contributed by atoms with Gasteiger partial charge in [-0.3, -0.25) is 14.4 Å². The Labute approximate surface area is 238 Å². The molecule has 0 fully saturated rings. The number of aryl methyl sites for hydroxylation is 1. The number of amides is 3. The average molecular weight is 581 g/mol. The Morgan fingerprint density at radius 1 is 0.902 bits per heavy atom. The van der Waals surface area contributed by atoms with E-state index in [9.17, 15) is 32.7 Å². The third-order valence-corrected chi connectivity index (χ3v) is 6.39. The molecule has 0 heterocycles. The highest BCUT2D eigenvalue weighted by Gasteiger charge is 2.36. The smallest absolute Gasteiger partial charge is 0.381 e. The van der Waals surface area contributed by atoms with Gasteiger partial charge in [0, 0.05) is 31.9 Å². The fourth-order valence-corrected chi connectivity index (χ4v) is 4.08. The van der Waals surface area contributed by atoms with Gasteiger partial charge in [0.25, 0.3) is 5.91 Å². The molecule has 0 aliphatic carbocycles. The van der Waals surface area contributed by atoms with E-state index in [0.29, 0.717) is 32.6 Å². The Morgan fingerprint density at radius 3 is 2.10 bits per heavy atom. The van der Waals surface area contributed by atoms with E-state index in [1.807, 2.05) is 30.3 Å². The molecule has 2 aromatic carbocycles. The van der Waals surface area contributed by atoms with Gasteiger partial charge in [-0.05, 0) is 57.7 Å². The number of aliphatic hydroxyl groups excluding tert-OH is 1. The first-order valence-corrected chi connectivity index (χ1v) is 13.3. The Bertz CT molecular complexity index is 1110. The van der Waals surface area contributed by atoms with Gasteiger partial charge in [-0.2, -0.15) is 13.2 Å². The van der Waals surface area contributed by atoms with E-state index in [-0.39, 0.29) is 12.1 Å². The third-order valence-electron chi connectivity index (χ3n) is 6.39. The number of carbonyl (C=O) groups excluding carboxylic acids is 3. The minimum absolute atomic E-state index is 0.0890. The highest BCUT2D eigenvalue weighted by Crippen LogP contribution is 2.30. The zero-order valence-corrected chi connectivity index (χ0v) is 23.4. The molecule has 0 bridgehead atoms. The number of hydrogen-bond acceptors (Lipinski definition) is 7. The lowest BCUT2D eigenvalue weighted by Gasteiger charge is -2.29. The molecule has 0 aliphatic rings. The van der Waals surface area contributed by atoms with E-state index in [1.165, 1.54) is 24.1 Å². The Kier molecular flexibility index (Phi) is 13.7. The molecule has 0 spiro atoms. The van der Waals surface area contributed by atoms with E-state index in [1.54, 1.807) is 14.1 Å². The fraction of sp³-hybridized carbons (Fsp3) is 0.464. The van der Waals surface area contributed by atoms with Gasteiger partial charge >= 0.3 is 6.18 Å². The van der Waals surface area contributed by atoms with Crippen molar-refractivity contribution in [3.63, 3.8) is 0 Å². The Hall–Kier alpha value is -3.52. The normalized spacial score (nSPS) is 13.6. The molecular formula is C28H39F3N6O4. The van der Waals surface area contributed by atoms with Gasteiger partial charge in [0.05, 0.1) is 5.56 Å². The van der Waals surface area contributed by atoms with Gasteiger partial charge in [-0.25, -0.2) is 0 Å². The second-order valence-electron chi connectivity index (χ2n) is 9.40. The van der Waals surface area contributed by atoms with Crippen LogP contribution in [-0.4, -0.2) is 93.2 Å². The van der Waals surface area contributed by atoms with Gasteiger partial charge in [-0.1, -0.05) is 36.4 Å². The zero-order valence-electron chi connectivity index (χ0n) is 23.4. The minimum atomic E-state index is -4.60. The largest absolute Gasteiger partial charge is 0.416 e. The summed E-state index contributed by atoms with van der Waals surface area (Å²) in [4.78, 5) is 41.0. The summed E-state index contributed by atoms with van der Waals surface area (Å²) >= 11 is 0. The first-order valence-electron chi connectivity index (χ1n) is 13.3. The van der Waals surface area contributed by atoms with Gasteiger partial charge in [0.1, 0.15) is 12.1 Å². The average Bonchev–Trinajstić information content (AvgIpc) is 2.95. The number of aliphatic hydroxyl groups is 1. The molecule has 226 valence electrons. The van der Waals surface area contributed by atoms with Gasteiger partial charge < -0.3 is 36.6 Å². The fourth-order valence-electron chi connectivity index (χ4n) is 4.08. The van der Waals surface area contributed by atoms with Crippen molar-refractivity contribution in [2.75, 3.05) is 52.6 Å². The molecule has 0 aliphatic heterocycles. The van der Waals surface area contributed by atoms with Crippen LogP contribution >= 0.6 is 0 Å². The number of nitrogens with one attached hydrogen (secondary N) is 5. The summed E-state index contributed by atoms with van der Waals surface area (Å²) in [5.74, 6) is -2.22. The maximum Gasteiger partial charge on any atom is 0.416 e. The van der Waals surface area contributed by atoms with Crippen LogP contribution in [0.5, 0.6) is 0 Å². The molecule has 10 nitrogen and oxygen atoms in total. The number of carbonyl (C=O) groups is 3. The molecule has 0 aromatic heterocycles. The molecule has 2 aromatic rings. The van der Waals surface area contributed by atoms with E-state index in [4.69, 9.17) is 0 Å². The van der Waals surface area contributed by atoms with Crippen LogP contribution in [-0.2, 0) is 27.0 Å². The summed E-state index contributed by atoms with van der Waals surface area (Å²) in [6.07, 6.45) is -5.87. The van der Waals surface area contributed by atoms with E-state index in [2.05, 4.69) is 26.6 Å². The van der Waals surface area contributed by atoms with Gasteiger partial charge in [0.15, 0.2) is 6.10 Å². The summed E-state index contributed by atoms with van der Waals surface area (Å²) in [5, 5.41) is 24.4. The summed E-state index contributed by atoms with van der Waals surface area (Å²) in [7, 11) is 4.84. The molecule has 0 radical (unpaired) electrons. The van der Waals surface area contributed by atoms with Crippen LogP contribution in [0.1, 0.15) is 17.5 Å². The summed E-state index contributed by atoms with van der Waals surface area (Å²) in [6.45, 7) is 1.53. The summed E-state index contributed by atoms with van der Waals surface area (Å²) < 4.78 is 39.5. The van der Waals surface area contributed by atoms with Crippen molar-refractivity contribution in [1.82, 2.24) is 26.2 Å². The number of nitrogens with zero attached hydrogens (tertiary/aromatic N) is 1. The highest BCUT2D eigenvalue weighted by atomic mass is 19.4. The van der Waals surface area contributed by atoms with E-state index in [0.717, 1.165) is 17.7 Å². The van der Waals surface area contributed by atoms with Crippen molar-refractivity contribution < 1.29 is 32.7 Å². The molecule has 1 unspecified atom stereocenters. The molecule has 3 atom stereocenters. The number of halogens is 3. The number of rotatable bonds is 16. The van der Waals surface area contributed by atoms with Crippen LogP contribution in [0.25, 0.3) is 0 Å². The number of anilines is 1. The maximum absolute atomic E-state index is 13.3. The van der Waals surface area contributed by atoms with Crippen LogP contribution in [0.4, 0.5) is 18.9 Å². The van der Waals surface area contributed by atoms with Crippen LogP contribution in [0.3, 0.4) is 0 Å². The molecule has 2 rings (SSSR count). The van der Waals surface area contributed by atoms with Gasteiger partial charge in [-0.15, -0.1) is 0 Å². The predicted molar refractivity (Wildman–Crippen MR) is 150 cm³/mol. The molecule has 13 heteroatoms. The molecule has 0 saturated carbocycles. The monoisotopic (exact) mass is 580 g/mol.